The second kappa shape index (κ2) is 9.71. The Balaban J connectivity index is 2.13. The highest BCUT2D eigenvalue weighted by Crippen LogP contribution is 2.43. The third-order valence-electron chi connectivity index (χ3n) is 5.35. The number of hydroxylamine groups is 2. The number of nitrogens with zero attached hydrogens (tertiary/aromatic N) is 2. The summed E-state index contributed by atoms with van der Waals surface area (Å²) in [4.78, 5) is 38.4. The molecule has 186 valence electrons. The third-order valence-corrected chi connectivity index (χ3v) is 5.35. The molecule has 1 fully saturated rings. The first-order chi connectivity index (χ1) is 16.0. The van der Waals surface area contributed by atoms with Crippen LogP contribution in [0.15, 0.2) is 40.1 Å². The first-order valence-corrected chi connectivity index (χ1v) is 10.0. The zero-order chi connectivity index (χ0) is 25.3. The monoisotopic (exact) mass is 485 g/mol. The fraction of sp³-hybridized carbons (Fsp3) is 0.450. The number of esters is 1. The fourth-order valence-electron chi connectivity index (χ4n) is 3.66. The van der Waals surface area contributed by atoms with Crippen LogP contribution in [-0.2, 0) is 21.9 Å². The van der Waals surface area contributed by atoms with Crippen LogP contribution in [-0.4, -0.2) is 84.0 Å². The van der Waals surface area contributed by atoms with Crippen LogP contribution >= 0.6 is 0 Å². The van der Waals surface area contributed by atoms with E-state index in [9.17, 15) is 44.4 Å². The summed E-state index contributed by atoms with van der Waals surface area (Å²) in [6.07, 6.45) is -3.46. The van der Waals surface area contributed by atoms with Crippen LogP contribution in [0.25, 0.3) is 0 Å². The molecule has 0 spiro atoms. The van der Waals surface area contributed by atoms with Crippen LogP contribution in [0.4, 0.5) is 4.39 Å². The number of aromatic nitrogens is 2. The second-order valence-electron chi connectivity index (χ2n) is 7.66. The number of aliphatic hydroxyl groups excluding tert-OH is 2. The Morgan fingerprint density at radius 1 is 1.35 bits per heavy atom. The van der Waals surface area contributed by atoms with Crippen molar-refractivity contribution in [1.29, 1.82) is 0 Å². The Hall–Kier alpha value is -2.98. The SMILES string of the molecule is Cc1cccc(CN(O)[C@@]2(O)[C@H](O)[C@@H](CO)O[C@]2(O)n2cc(C(=O)OCCF)c(=O)[nH]c2=O)c1. The number of rotatable bonds is 8. The van der Waals surface area contributed by atoms with Gasteiger partial charge in [0.25, 0.3) is 5.56 Å². The summed E-state index contributed by atoms with van der Waals surface area (Å²) in [6, 6.07) is 6.60. The molecular weight excluding hydrogens is 461 g/mol. The Kier molecular flexibility index (Phi) is 7.32. The van der Waals surface area contributed by atoms with Gasteiger partial charge in [-0.25, -0.2) is 18.5 Å². The molecule has 1 aromatic heterocycles. The average molecular weight is 485 g/mol. The average Bonchev–Trinajstić information content (AvgIpc) is 2.99. The molecule has 4 atom stereocenters. The molecule has 0 aliphatic carbocycles. The van der Waals surface area contributed by atoms with E-state index in [1.54, 1.807) is 36.2 Å². The summed E-state index contributed by atoms with van der Waals surface area (Å²) in [7, 11) is 0. The van der Waals surface area contributed by atoms with Gasteiger partial charge in [-0.1, -0.05) is 29.8 Å². The van der Waals surface area contributed by atoms with Crippen molar-refractivity contribution in [2.24, 2.45) is 0 Å². The molecule has 0 bridgehead atoms. The van der Waals surface area contributed by atoms with Gasteiger partial charge in [0.1, 0.15) is 31.1 Å². The lowest BCUT2D eigenvalue weighted by Crippen LogP contribution is -2.68. The number of aromatic amines is 1. The van der Waals surface area contributed by atoms with Crippen LogP contribution in [0.3, 0.4) is 0 Å². The summed E-state index contributed by atoms with van der Waals surface area (Å²) in [5.41, 5.74) is -5.54. The van der Waals surface area contributed by atoms with Gasteiger partial charge in [-0.3, -0.25) is 9.78 Å². The van der Waals surface area contributed by atoms with Gasteiger partial charge in [0, 0.05) is 6.20 Å². The molecule has 1 aromatic carbocycles. The van der Waals surface area contributed by atoms with Crippen molar-refractivity contribution in [3.8, 4) is 0 Å². The molecule has 14 heteroatoms. The summed E-state index contributed by atoms with van der Waals surface area (Å²) in [5.74, 6) is -4.70. The van der Waals surface area contributed by atoms with E-state index in [0.717, 1.165) is 5.56 Å². The number of nitrogens with one attached hydrogen (secondary N) is 1. The maximum absolute atomic E-state index is 12.5. The second-order valence-corrected chi connectivity index (χ2v) is 7.66. The molecule has 2 heterocycles. The number of hydrogen-bond donors (Lipinski definition) is 6. The molecule has 13 nitrogen and oxygen atoms in total. The molecule has 0 amide bonds. The summed E-state index contributed by atoms with van der Waals surface area (Å²) in [6.45, 7) is -1.46. The van der Waals surface area contributed by atoms with Crippen LogP contribution in [0.5, 0.6) is 0 Å². The van der Waals surface area contributed by atoms with Crippen molar-refractivity contribution in [1.82, 2.24) is 14.6 Å². The first-order valence-electron chi connectivity index (χ1n) is 10.0. The van der Waals surface area contributed by atoms with Crippen LogP contribution in [0, 0.1) is 6.92 Å². The molecule has 0 saturated carbocycles. The maximum atomic E-state index is 12.5. The van der Waals surface area contributed by atoms with E-state index in [0.29, 0.717) is 11.8 Å². The van der Waals surface area contributed by atoms with Gasteiger partial charge in [-0.15, -0.1) is 5.06 Å². The normalized spacial score (nSPS) is 26.7. The smallest absolute Gasteiger partial charge is 0.345 e. The number of carbonyl (C=O) groups is 1. The van der Waals surface area contributed by atoms with Crippen molar-refractivity contribution in [2.45, 2.75) is 37.3 Å². The molecule has 1 saturated heterocycles. The van der Waals surface area contributed by atoms with Gasteiger partial charge in [0.15, 0.2) is 0 Å². The van der Waals surface area contributed by atoms with Gasteiger partial charge < -0.3 is 35.1 Å². The Morgan fingerprint density at radius 3 is 2.68 bits per heavy atom. The first kappa shape index (κ1) is 25.6. The van der Waals surface area contributed by atoms with Gasteiger partial charge in [0.2, 0.25) is 5.72 Å². The molecular formula is C20H24FN3O10. The molecule has 1 aliphatic rings. The van der Waals surface area contributed by atoms with Crippen molar-refractivity contribution in [3.05, 3.63) is 68.0 Å². The van der Waals surface area contributed by atoms with Crippen molar-refractivity contribution in [3.63, 3.8) is 0 Å². The number of halogens is 1. The minimum Gasteiger partial charge on any atom is -0.459 e. The van der Waals surface area contributed by atoms with E-state index in [1.807, 2.05) is 0 Å². The Morgan fingerprint density at radius 2 is 2.06 bits per heavy atom. The minimum absolute atomic E-state index is 0.0980. The maximum Gasteiger partial charge on any atom is 0.345 e. The zero-order valence-electron chi connectivity index (χ0n) is 17.9. The van der Waals surface area contributed by atoms with E-state index >= 15 is 0 Å². The largest absolute Gasteiger partial charge is 0.459 e. The van der Waals surface area contributed by atoms with Crippen molar-refractivity contribution >= 4 is 5.97 Å². The van der Waals surface area contributed by atoms with E-state index in [2.05, 4.69) is 4.74 Å². The predicted molar refractivity (Wildman–Crippen MR) is 109 cm³/mol. The summed E-state index contributed by atoms with van der Waals surface area (Å²) >= 11 is 0. The van der Waals surface area contributed by atoms with E-state index < -0.39 is 73.1 Å². The van der Waals surface area contributed by atoms with E-state index in [1.165, 1.54) is 0 Å². The number of aliphatic hydroxyl groups is 4. The predicted octanol–water partition coefficient (Wildman–Crippen LogP) is -2.09. The standard InChI is InChI=1S/C20H24FN3O10/c1-11-3-2-4-12(7-11)8-24(32)19(30)15(26)14(10-25)34-20(19,31)23-9-13(16(27)22-18(23)29)17(28)33-6-5-21/h2-4,7,9,14-15,25-26,30-32H,5-6,8,10H2,1H3,(H,22,27,29)/t14-,15-,19-,20+/m1/s1. The van der Waals surface area contributed by atoms with Crippen molar-refractivity contribution < 1.29 is 44.3 Å². The summed E-state index contributed by atoms with van der Waals surface area (Å²) < 4.78 is 22.2. The highest BCUT2D eigenvalue weighted by atomic mass is 19.1. The highest BCUT2D eigenvalue weighted by molar-refractivity contribution is 5.88. The van der Waals surface area contributed by atoms with Crippen LogP contribution in [0.1, 0.15) is 21.5 Å². The molecule has 3 rings (SSSR count). The van der Waals surface area contributed by atoms with Gasteiger partial charge in [0.05, 0.1) is 13.2 Å². The number of carbonyl (C=O) groups excluding carboxylic acids is 1. The lowest BCUT2D eigenvalue weighted by atomic mass is 10.00. The number of ether oxygens (including phenoxy) is 2. The van der Waals surface area contributed by atoms with Crippen LogP contribution in [0.2, 0.25) is 0 Å². The number of benzene rings is 1. The lowest BCUT2D eigenvalue weighted by Gasteiger charge is -2.42. The van der Waals surface area contributed by atoms with Gasteiger partial charge in [-0.05, 0) is 12.5 Å². The molecule has 1 aliphatic heterocycles. The molecule has 34 heavy (non-hydrogen) atoms. The summed E-state index contributed by atoms with van der Waals surface area (Å²) in [5, 5.41) is 53.6. The van der Waals surface area contributed by atoms with E-state index in [-0.39, 0.29) is 9.63 Å². The van der Waals surface area contributed by atoms with Gasteiger partial charge in [-0.2, -0.15) is 0 Å². The number of hydrogen-bond acceptors (Lipinski definition) is 11. The number of alkyl halides is 1. The third kappa shape index (κ3) is 4.27. The topological polar surface area (TPSA) is 195 Å². The highest BCUT2D eigenvalue weighted by Gasteiger charge is 2.70. The minimum atomic E-state index is -3.34. The zero-order valence-corrected chi connectivity index (χ0v) is 17.9. The Bertz CT molecular complexity index is 1170. The molecule has 6 N–H and O–H groups in total. The molecule has 0 radical (unpaired) electrons. The Labute approximate surface area is 190 Å². The quantitative estimate of drug-likeness (QED) is 0.136. The van der Waals surface area contributed by atoms with E-state index in [4.69, 9.17) is 4.74 Å². The van der Waals surface area contributed by atoms with Gasteiger partial charge >= 0.3 is 17.6 Å². The number of aryl methyl sites for hydroxylation is 1. The van der Waals surface area contributed by atoms with Crippen molar-refractivity contribution in [2.75, 3.05) is 19.9 Å². The number of H-pyrrole nitrogens is 1. The lowest BCUT2D eigenvalue weighted by molar-refractivity contribution is -0.413. The fourth-order valence-corrected chi connectivity index (χ4v) is 3.66. The van der Waals surface area contributed by atoms with Crippen LogP contribution < -0.4 is 11.2 Å². The molecule has 0 unspecified atom stereocenters. The molecule has 2 aromatic rings.